The van der Waals surface area contributed by atoms with E-state index in [1.807, 2.05) is 26.2 Å². The molecule has 0 radical (unpaired) electrons. The zero-order valence-corrected chi connectivity index (χ0v) is 14.5. The molecule has 2 N–H and O–H groups in total. The summed E-state index contributed by atoms with van der Waals surface area (Å²) in [5, 5.41) is 12.5. The number of carbonyl (C=O) groups excluding carboxylic acids is 1. The van der Waals surface area contributed by atoms with E-state index in [9.17, 15) is 9.90 Å². The Balaban J connectivity index is 1.78. The maximum Gasteiger partial charge on any atom is 0.234 e. The van der Waals surface area contributed by atoms with Crippen molar-refractivity contribution >= 4 is 11.6 Å². The fraction of sp³-hybridized carbons (Fsp3) is 0.611. The van der Waals surface area contributed by atoms with E-state index in [0.717, 1.165) is 37.2 Å². The fourth-order valence-electron chi connectivity index (χ4n) is 3.06. The molecular weight excluding hydrogens is 290 g/mol. The van der Waals surface area contributed by atoms with Gasteiger partial charge in [0.2, 0.25) is 5.91 Å². The molecule has 0 aliphatic carbocycles. The van der Waals surface area contributed by atoms with Crippen molar-refractivity contribution in [3.05, 3.63) is 29.8 Å². The normalized spacial score (nSPS) is 21.9. The van der Waals surface area contributed by atoms with Crippen molar-refractivity contribution in [2.45, 2.75) is 26.3 Å². The highest BCUT2D eigenvalue weighted by Crippen LogP contribution is 2.28. The molecule has 1 atom stereocenters. The largest absolute Gasteiger partial charge is 0.396 e. The summed E-state index contributed by atoms with van der Waals surface area (Å²) in [7, 11) is 4.02. The number of aliphatic hydroxyl groups is 1. The van der Waals surface area contributed by atoms with Gasteiger partial charge in [0.25, 0.3) is 0 Å². The molecule has 2 rings (SSSR count). The number of amides is 1. The number of likely N-dealkylation sites (tertiary alicyclic amines) is 1. The maximum atomic E-state index is 12.1. The Kier molecular flexibility index (Phi) is 6.02. The quantitative estimate of drug-likeness (QED) is 0.833. The third-order valence-electron chi connectivity index (χ3n) is 4.55. The number of rotatable bonds is 6. The van der Waals surface area contributed by atoms with Crippen LogP contribution >= 0.6 is 0 Å². The van der Waals surface area contributed by atoms with Crippen LogP contribution < -0.4 is 10.2 Å². The third-order valence-corrected chi connectivity index (χ3v) is 4.55. The molecular formula is C18H29N3O2. The fourth-order valence-corrected chi connectivity index (χ4v) is 3.06. The van der Waals surface area contributed by atoms with E-state index in [0.29, 0.717) is 13.1 Å². The minimum absolute atomic E-state index is 0.0453. The summed E-state index contributed by atoms with van der Waals surface area (Å²) in [5.74, 6) is 0.0453. The summed E-state index contributed by atoms with van der Waals surface area (Å²) in [6, 6.07) is 8.19. The first-order valence-electron chi connectivity index (χ1n) is 8.28. The molecule has 1 amide bonds. The van der Waals surface area contributed by atoms with Crippen molar-refractivity contribution < 1.29 is 9.90 Å². The van der Waals surface area contributed by atoms with Crippen molar-refractivity contribution in [1.82, 2.24) is 10.2 Å². The Labute approximate surface area is 139 Å². The minimum Gasteiger partial charge on any atom is -0.396 e. The molecule has 1 saturated heterocycles. The van der Waals surface area contributed by atoms with Crippen LogP contribution in [-0.2, 0) is 11.3 Å². The van der Waals surface area contributed by atoms with Crippen LogP contribution in [0.25, 0.3) is 0 Å². The predicted molar refractivity (Wildman–Crippen MR) is 93.5 cm³/mol. The van der Waals surface area contributed by atoms with Crippen molar-refractivity contribution in [3.8, 4) is 0 Å². The smallest absolute Gasteiger partial charge is 0.234 e. The van der Waals surface area contributed by atoms with Crippen molar-refractivity contribution in [3.63, 3.8) is 0 Å². The van der Waals surface area contributed by atoms with Gasteiger partial charge in [-0.05, 0) is 37.1 Å². The molecule has 1 aromatic rings. The summed E-state index contributed by atoms with van der Waals surface area (Å²) < 4.78 is 0. The van der Waals surface area contributed by atoms with Gasteiger partial charge in [-0.25, -0.2) is 0 Å². The first kappa shape index (κ1) is 17.8. The molecule has 5 heteroatoms. The average molecular weight is 319 g/mol. The summed E-state index contributed by atoms with van der Waals surface area (Å²) in [5.41, 5.74) is 2.18. The molecule has 1 aliphatic rings. The van der Waals surface area contributed by atoms with Crippen LogP contribution in [-0.4, -0.2) is 56.3 Å². The summed E-state index contributed by atoms with van der Waals surface area (Å²) in [6.07, 6.45) is 2.07. The van der Waals surface area contributed by atoms with Gasteiger partial charge in [0.1, 0.15) is 0 Å². The summed E-state index contributed by atoms with van der Waals surface area (Å²) in [6.45, 7) is 4.95. The van der Waals surface area contributed by atoms with Crippen LogP contribution in [0.15, 0.2) is 24.3 Å². The van der Waals surface area contributed by atoms with Gasteiger partial charge >= 0.3 is 0 Å². The van der Waals surface area contributed by atoms with Gasteiger partial charge in [0.15, 0.2) is 0 Å². The van der Waals surface area contributed by atoms with Crippen LogP contribution in [0.4, 0.5) is 5.69 Å². The zero-order chi connectivity index (χ0) is 16.9. The van der Waals surface area contributed by atoms with E-state index in [1.165, 1.54) is 0 Å². The number of nitrogens with zero attached hydrogens (tertiary/aromatic N) is 2. The number of nitrogens with one attached hydrogen (secondary N) is 1. The zero-order valence-electron chi connectivity index (χ0n) is 14.5. The van der Waals surface area contributed by atoms with Crippen LogP contribution in [0.2, 0.25) is 0 Å². The maximum absolute atomic E-state index is 12.1. The van der Waals surface area contributed by atoms with E-state index < -0.39 is 0 Å². The lowest BCUT2D eigenvalue weighted by Crippen LogP contribution is -2.47. The lowest BCUT2D eigenvalue weighted by atomic mass is 9.83. The second-order valence-electron chi connectivity index (χ2n) is 7.12. The molecule has 23 heavy (non-hydrogen) atoms. The first-order valence-corrected chi connectivity index (χ1v) is 8.28. The van der Waals surface area contributed by atoms with Crippen molar-refractivity contribution in [2.75, 3.05) is 45.2 Å². The topological polar surface area (TPSA) is 55.8 Å². The van der Waals surface area contributed by atoms with Crippen LogP contribution in [0.5, 0.6) is 0 Å². The SMILES string of the molecule is CN(C)c1ccc(CNC(=O)CN2CCCC(C)(CO)C2)cc1. The molecule has 0 bridgehead atoms. The molecule has 1 unspecified atom stereocenters. The van der Waals surface area contributed by atoms with Crippen LogP contribution in [0.1, 0.15) is 25.3 Å². The van der Waals surface area contributed by atoms with Gasteiger partial charge in [-0.15, -0.1) is 0 Å². The van der Waals surface area contributed by atoms with Gasteiger partial charge in [0.05, 0.1) is 6.54 Å². The third kappa shape index (κ3) is 5.22. The van der Waals surface area contributed by atoms with E-state index in [1.54, 1.807) is 0 Å². The highest BCUT2D eigenvalue weighted by molar-refractivity contribution is 5.78. The number of piperidine rings is 1. The molecule has 0 saturated carbocycles. The lowest BCUT2D eigenvalue weighted by Gasteiger charge is -2.38. The van der Waals surface area contributed by atoms with Gasteiger partial charge in [-0.3, -0.25) is 9.69 Å². The summed E-state index contributed by atoms with van der Waals surface area (Å²) in [4.78, 5) is 16.3. The number of hydrogen-bond donors (Lipinski definition) is 2. The molecule has 1 fully saturated rings. The molecule has 5 nitrogen and oxygen atoms in total. The molecule has 128 valence electrons. The highest BCUT2D eigenvalue weighted by Gasteiger charge is 2.30. The molecule has 0 aromatic heterocycles. The number of hydrogen-bond acceptors (Lipinski definition) is 4. The number of carbonyl (C=O) groups is 1. The minimum atomic E-state index is -0.0689. The van der Waals surface area contributed by atoms with E-state index in [4.69, 9.17) is 0 Å². The van der Waals surface area contributed by atoms with E-state index in [-0.39, 0.29) is 17.9 Å². The molecule has 0 spiro atoms. The van der Waals surface area contributed by atoms with Crippen molar-refractivity contribution in [1.29, 1.82) is 0 Å². The Bertz CT molecular complexity index is 516. The van der Waals surface area contributed by atoms with Gasteiger partial charge in [-0.2, -0.15) is 0 Å². The Morgan fingerprint density at radius 2 is 2.04 bits per heavy atom. The molecule has 1 heterocycles. The predicted octanol–water partition coefficient (Wildman–Crippen LogP) is 1.46. The van der Waals surface area contributed by atoms with E-state index in [2.05, 4.69) is 34.2 Å². The lowest BCUT2D eigenvalue weighted by molar-refractivity contribution is -0.123. The number of aliphatic hydroxyl groups excluding tert-OH is 1. The van der Waals surface area contributed by atoms with Crippen LogP contribution in [0, 0.1) is 5.41 Å². The Hall–Kier alpha value is -1.59. The average Bonchev–Trinajstić information content (AvgIpc) is 2.53. The van der Waals surface area contributed by atoms with Gasteiger partial charge < -0.3 is 15.3 Å². The number of benzene rings is 1. The Morgan fingerprint density at radius 3 is 2.65 bits per heavy atom. The van der Waals surface area contributed by atoms with Gasteiger partial charge in [0, 0.05) is 44.9 Å². The molecule has 1 aliphatic heterocycles. The van der Waals surface area contributed by atoms with E-state index >= 15 is 0 Å². The standard InChI is InChI=1S/C18H29N3O2/c1-18(14-22)9-4-10-21(13-18)12-17(23)19-11-15-5-7-16(8-6-15)20(2)3/h5-8,22H,4,9-14H2,1-3H3,(H,19,23). The first-order chi connectivity index (χ1) is 10.9. The van der Waals surface area contributed by atoms with Crippen molar-refractivity contribution in [2.24, 2.45) is 5.41 Å². The Morgan fingerprint density at radius 1 is 1.35 bits per heavy atom. The van der Waals surface area contributed by atoms with Gasteiger partial charge in [-0.1, -0.05) is 19.1 Å². The second-order valence-corrected chi connectivity index (χ2v) is 7.12. The monoisotopic (exact) mass is 319 g/mol. The molecule has 1 aromatic carbocycles. The number of anilines is 1. The summed E-state index contributed by atoms with van der Waals surface area (Å²) >= 11 is 0. The highest BCUT2D eigenvalue weighted by atomic mass is 16.3. The van der Waals surface area contributed by atoms with Crippen LogP contribution in [0.3, 0.4) is 0 Å². The second kappa shape index (κ2) is 7.79.